The van der Waals surface area contributed by atoms with Crippen LogP contribution in [-0.4, -0.2) is 16.9 Å². The first kappa shape index (κ1) is 18.9. The molecule has 8 heteroatoms. The van der Waals surface area contributed by atoms with E-state index in [2.05, 4.69) is 20.9 Å². The summed E-state index contributed by atoms with van der Waals surface area (Å²) in [5.74, 6) is -0.267. The molecule has 0 aliphatic rings. The molecule has 0 fully saturated rings. The van der Waals surface area contributed by atoms with E-state index < -0.39 is 6.03 Å². The van der Waals surface area contributed by atoms with Crippen molar-refractivity contribution in [1.82, 2.24) is 4.98 Å². The predicted octanol–water partition coefficient (Wildman–Crippen LogP) is 5.31. The molecule has 0 atom stereocenters. The fourth-order valence-electron chi connectivity index (χ4n) is 2.31. The van der Waals surface area contributed by atoms with Crippen LogP contribution in [0.1, 0.15) is 20.9 Å². The number of carbonyl (C=O) groups excluding carboxylic acids is 2. The lowest BCUT2D eigenvalue weighted by molar-refractivity contribution is 0.103. The van der Waals surface area contributed by atoms with Crippen molar-refractivity contribution in [2.45, 2.75) is 13.8 Å². The number of carbonyl (C=O) groups is 2. The lowest BCUT2D eigenvalue weighted by Crippen LogP contribution is -2.19. The van der Waals surface area contributed by atoms with Crippen LogP contribution < -0.4 is 16.0 Å². The summed E-state index contributed by atoms with van der Waals surface area (Å²) >= 11 is 7.01. The average molecular weight is 401 g/mol. The summed E-state index contributed by atoms with van der Waals surface area (Å²) in [6, 6.07) is 13.9. The van der Waals surface area contributed by atoms with E-state index in [4.69, 9.17) is 11.6 Å². The van der Waals surface area contributed by atoms with Crippen LogP contribution in [0, 0.1) is 13.8 Å². The third-order valence-electron chi connectivity index (χ3n) is 3.62. The second kappa shape index (κ2) is 8.20. The number of aromatic nitrogens is 1. The molecule has 1 heterocycles. The van der Waals surface area contributed by atoms with Gasteiger partial charge in [0.15, 0.2) is 5.13 Å². The van der Waals surface area contributed by atoms with E-state index in [-0.39, 0.29) is 5.91 Å². The van der Waals surface area contributed by atoms with Gasteiger partial charge in [-0.05, 0) is 44.2 Å². The molecule has 0 radical (unpaired) electrons. The Balaban J connectivity index is 1.65. The van der Waals surface area contributed by atoms with Crippen molar-refractivity contribution in [3.63, 3.8) is 0 Å². The van der Waals surface area contributed by atoms with Crippen LogP contribution in [0.25, 0.3) is 0 Å². The highest BCUT2D eigenvalue weighted by molar-refractivity contribution is 7.17. The first-order valence-corrected chi connectivity index (χ1v) is 9.29. The monoisotopic (exact) mass is 400 g/mol. The SMILES string of the molecule is Cc1ccc(NC(=O)c2sc(NC(=O)Nc3cccc(Cl)c3)nc2C)cc1. The highest BCUT2D eigenvalue weighted by atomic mass is 35.5. The van der Waals surface area contributed by atoms with E-state index in [0.717, 1.165) is 16.9 Å². The molecular weight excluding hydrogens is 384 g/mol. The molecule has 0 saturated carbocycles. The number of aryl methyl sites for hydroxylation is 2. The Hall–Kier alpha value is -2.90. The second-order valence-electron chi connectivity index (χ2n) is 5.84. The maximum Gasteiger partial charge on any atom is 0.325 e. The van der Waals surface area contributed by atoms with Gasteiger partial charge >= 0.3 is 6.03 Å². The largest absolute Gasteiger partial charge is 0.325 e. The molecule has 0 saturated heterocycles. The highest BCUT2D eigenvalue weighted by Crippen LogP contribution is 2.24. The molecule has 6 nitrogen and oxygen atoms in total. The molecule has 0 bridgehead atoms. The average Bonchev–Trinajstić information content (AvgIpc) is 2.97. The number of hydrogen-bond acceptors (Lipinski definition) is 4. The quantitative estimate of drug-likeness (QED) is 0.555. The molecular formula is C19H17ClN4O2S. The maximum absolute atomic E-state index is 12.5. The van der Waals surface area contributed by atoms with Gasteiger partial charge in [0.05, 0.1) is 5.69 Å². The molecule has 0 aliphatic heterocycles. The minimum atomic E-state index is -0.462. The van der Waals surface area contributed by atoms with Gasteiger partial charge < -0.3 is 10.6 Å². The summed E-state index contributed by atoms with van der Waals surface area (Å²) in [5, 5.41) is 8.98. The lowest BCUT2D eigenvalue weighted by atomic mass is 10.2. The van der Waals surface area contributed by atoms with Gasteiger partial charge in [0.1, 0.15) is 4.88 Å². The molecule has 3 aromatic rings. The van der Waals surface area contributed by atoms with Crippen molar-refractivity contribution in [1.29, 1.82) is 0 Å². The molecule has 0 spiro atoms. The fourth-order valence-corrected chi connectivity index (χ4v) is 3.36. The number of hydrogen-bond donors (Lipinski definition) is 3. The first-order chi connectivity index (χ1) is 12.9. The Labute approximate surface area is 165 Å². The number of thiazole rings is 1. The first-order valence-electron chi connectivity index (χ1n) is 8.10. The van der Waals surface area contributed by atoms with Gasteiger partial charge in [-0.2, -0.15) is 0 Å². The Bertz CT molecular complexity index is 986. The van der Waals surface area contributed by atoms with Crippen LogP contribution in [0.5, 0.6) is 0 Å². The van der Waals surface area contributed by atoms with Crippen molar-refractivity contribution in [3.05, 3.63) is 69.7 Å². The Kier molecular flexibility index (Phi) is 5.73. The van der Waals surface area contributed by atoms with Gasteiger partial charge in [-0.15, -0.1) is 0 Å². The topological polar surface area (TPSA) is 83.1 Å². The third-order valence-corrected chi connectivity index (χ3v) is 4.92. The van der Waals surface area contributed by atoms with Crippen LogP contribution in [0.2, 0.25) is 5.02 Å². The molecule has 2 aromatic carbocycles. The van der Waals surface area contributed by atoms with Crippen molar-refractivity contribution in [2.24, 2.45) is 0 Å². The van der Waals surface area contributed by atoms with Gasteiger partial charge in [-0.25, -0.2) is 9.78 Å². The van der Waals surface area contributed by atoms with Gasteiger partial charge in [-0.3, -0.25) is 10.1 Å². The van der Waals surface area contributed by atoms with Gasteiger partial charge in [-0.1, -0.05) is 46.7 Å². The Morgan fingerprint density at radius 3 is 2.41 bits per heavy atom. The molecule has 3 amide bonds. The molecule has 3 rings (SSSR count). The number of amides is 3. The smallest absolute Gasteiger partial charge is 0.321 e. The zero-order valence-electron chi connectivity index (χ0n) is 14.7. The predicted molar refractivity (Wildman–Crippen MR) is 110 cm³/mol. The number of nitrogens with zero attached hydrogens (tertiary/aromatic N) is 1. The van der Waals surface area contributed by atoms with E-state index in [1.165, 1.54) is 0 Å². The summed E-state index contributed by atoms with van der Waals surface area (Å²) in [7, 11) is 0. The molecule has 1 aromatic heterocycles. The van der Waals surface area contributed by atoms with Gasteiger partial charge in [0.25, 0.3) is 5.91 Å². The number of urea groups is 1. The highest BCUT2D eigenvalue weighted by Gasteiger charge is 2.17. The van der Waals surface area contributed by atoms with Crippen LogP contribution in [0.15, 0.2) is 48.5 Å². The normalized spacial score (nSPS) is 10.3. The van der Waals surface area contributed by atoms with E-state index in [1.807, 2.05) is 31.2 Å². The number of benzene rings is 2. The third kappa shape index (κ3) is 5.06. The minimum Gasteiger partial charge on any atom is -0.321 e. The number of halogens is 1. The Morgan fingerprint density at radius 1 is 0.963 bits per heavy atom. The molecule has 0 aliphatic carbocycles. The van der Waals surface area contributed by atoms with Gasteiger partial charge in [0.2, 0.25) is 0 Å². The van der Waals surface area contributed by atoms with Crippen molar-refractivity contribution < 1.29 is 9.59 Å². The second-order valence-corrected chi connectivity index (χ2v) is 7.28. The summed E-state index contributed by atoms with van der Waals surface area (Å²) in [5.41, 5.74) is 2.92. The summed E-state index contributed by atoms with van der Waals surface area (Å²) in [6.45, 7) is 3.70. The van der Waals surface area contributed by atoms with E-state index in [1.54, 1.807) is 31.2 Å². The van der Waals surface area contributed by atoms with Crippen LogP contribution in [0.3, 0.4) is 0 Å². The lowest BCUT2D eigenvalue weighted by Gasteiger charge is -2.05. The minimum absolute atomic E-state index is 0.267. The zero-order valence-corrected chi connectivity index (χ0v) is 16.2. The number of nitrogens with one attached hydrogen (secondary N) is 3. The summed E-state index contributed by atoms with van der Waals surface area (Å²) < 4.78 is 0. The van der Waals surface area contributed by atoms with Crippen molar-refractivity contribution >= 4 is 51.4 Å². The molecule has 138 valence electrons. The summed E-state index contributed by atoms with van der Waals surface area (Å²) in [6.07, 6.45) is 0. The van der Waals surface area contributed by atoms with Crippen LogP contribution in [-0.2, 0) is 0 Å². The van der Waals surface area contributed by atoms with Crippen LogP contribution in [0.4, 0.5) is 21.3 Å². The fraction of sp³-hybridized carbons (Fsp3) is 0.105. The standard InChI is InChI=1S/C19H17ClN4O2S/c1-11-6-8-14(9-7-11)22-17(25)16-12(2)21-19(27-16)24-18(26)23-15-5-3-4-13(20)10-15/h3-10H,1-2H3,(H,22,25)(H2,21,23,24,26). The Morgan fingerprint density at radius 2 is 1.70 bits per heavy atom. The molecule has 3 N–H and O–H groups in total. The summed E-state index contributed by atoms with van der Waals surface area (Å²) in [4.78, 5) is 29.3. The van der Waals surface area contributed by atoms with Gasteiger partial charge in [0, 0.05) is 16.4 Å². The van der Waals surface area contributed by atoms with E-state index in [9.17, 15) is 9.59 Å². The molecule has 0 unspecified atom stereocenters. The van der Waals surface area contributed by atoms with Crippen molar-refractivity contribution in [3.8, 4) is 0 Å². The number of anilines is 3. The number of rotatable bonds is 4. The molecule has 27 heavy (non-hydrogen) atoms. The zero-order chi connectivity index (χ0) is 19.4. The van der Waals surface area contributed by atoms with Crippen LogP contribution >= 0.6 is 22.9 Å². The van der Waals surface area contributed by atoms with E-state index >= 15 is 0 Å². The maximum atomic E-state index is 12.5. The van der Waals surface area contributed by atoms with E-state index in [0.29, 0.717) is 32.1 Å². The van der Waals surface area contributed by atoms with Crippen molar-refractivity contribution in [2.75, 3.05) is 16.0 Å².